The molecule has 0 aliphatic heterocycles. The molecule has 1 N–H and O–H groups in total. The first-order valence-electron chi connectivity index (χ1n) is 10.5. The van der Waals surface area contributed by atoms with Gasteiger partial charge in [-0.3, -0.25) is 14.3 Å². The molecule has 2 aromatic carbocycles. The molecule has 0 bridgehead atoms. The number of benzene rings is 2. The van der Waals surface area contributed by atoms with E-state index in [1.165, 1.54) is 23.1 Å². The fourth-order valence-electron chi connectivity index (χ4n) is 3.79. The van der Waals surface area contributed by atoms with Crippen LogP contribution >= 0.6 is 0 Å². The van der Waals surface area contributed by atoms with E-state index >= 15 is 0 Å². The summed E-state index contributed by atoms with van der Waals surface area (Å²) in [4.78, 5) is 30.9. The van der Waals surface area contributed by atoms with Gasteiger partial charge in [0, 0.05) is 24.1 Å². The molecular weight excluding hydrogens is 458 g/mol. The van der Waals surface area contributed by atoms with E-state index in [1.54, 1.807) is 31.4 Å². The Balaban J connectivity index is 1.97. The number of hydrogen-bond acceptors (Lipinski definition) is 7. The Morgan fingerprint density at radius 1 is 1.12 bits per heavy atom. The number of fused-ring (bicyclic) bond motifs is 1. The van der Waals surface area contributed by atoms with Gasteiger partial charge in [0.05, 0.1) is 24.1 Å². The Bertz CT molecular complexity index is 1620. The fraction of sp³-hybridized carbons (Fsp3) is 0.292. The predicted octanol–water partition coefficient (Wildman–Crippen LogP) is 3.18. The normalized spacial score (nSPS) is 12.3. The van der Waals surface area contributed by atoms with Crippen LogP contribution in [0.4, 0.5) is 0 Å². The van der Waals surface area contributed by atoms with Crippen LogP contribution in [-0.4, -0.2) is 36.3 Å². The van der Waals surface area contributed by atoms with Gasteiger partial charge in [-0.05, 0) is 35.2 Å². The second kappa shape index (κ2) is 8.28. The van der Waals surface area contributed by atoms with Gasteiger partial charge >= 0.3 is 5.69 Å². The summed E-state index contributed by atoms with van der Waals surface area (Å²) in [6.45, 7) is 6.03. The molecule has 0 radical (unpaired) electrons. The molecule has 4 rings (SSSR count). The molecule has 0 spiro atoms. The molecule has 178 valence electrons. The van der Waals surface area contributed by atoms with Crippen molar-refractivity contribution in [3.63, 3.8) is 0 Å². The van der Waals surface area contributed by atoms with E-state index in [0.717, 1.165) is 5.56 Å². The minimum atomic E-state index is -3.20. The minimum Gasteiger partial charge on any atom is -0.496 e. The highest BCUT2D eigenvalue weighted by atomic mass is 32.2. The van der Waals surface area contributed by atoms with Crippen LogP contribution in [0.1, 0.15) is 31.9 Å². The number of ether oxygens (including phenoxy) is 1. The van der Waals surface area contributed by atoms with Crippen molar-refractivity contribution in [1.29, 1.82) is 0 Å². The molecule has 0 saturated carbocycles. The average molecular weight is 484 g/mol. The molecule has 0 aliphatic carbocycles. The lowest BCUT2D eigenvalue weighted by molar-refractivity contribution is 0.397. The number of aromatic amines is 1. The van der Waals surface area contributed by atoms with E-state index < -0.39 is 21.1 Å². The third-order valence-electron chi connectivity index (χ3n) is 5.30. The van der Waals surface area contributed by atoms with Crippen molar-refractivity contribution < 1.29 is 17.6 Å². The smallest absolute Gasteiger partial charge is 0.332 e. The highest BCUT2D eigenvalue weighted by Crippen LogP contribution is 2.41. The van der Waals surface area contributed by atoms with Crippen LogP contribution in [0.5, 0.6) is 5.75 Å². The Hall–Kier alpha value is -3.66. The molecule has 0 amide bonds. The van der Waals surface area contributed by atoms with Gasteiger partial charge in [0.15, 0.2) is 15.4 Å². The van der Waals surface area contributed by atoms with E-state index in [-0.39, 0.29) is 17.1 Å². The van der Waals surface area contributed by atoms with Crippen LogP contribution in [-0.2, 0) is 21.0 Å². The first-order valence-corrected chi connectivity index (χ1v) is 12.5. The van der Waals surface area contributed by atoms with Crippen LogP contribution in [0.15, 0.2) is 56.6 Å². The van der Waals surface area contributed by atoms with Gasteiger partial charge in [0.1, 0.15) is 11.3 Å². The van der Waals surface area contributed by atoms with Crippen LogP contribution in [0.25, 0.3) is 28.2 Å². The van der Waals surface area contributed by atoms with Crippen molar-refractivity contribution in [3.8, 4) is 22.9 Å². The SMILES string of the molecule is COc1c(-c2nc3cc(CS(C)(=O)=O)ccc3o2)cc(-n2ccc(=O)[nH]c2=O)cc1C(C)(C)C. The topological polar surface area (TPSA) is 124 Å². The largest absolute Gasteiger partial charge is 0.496 e. The standard InChI is InChI=1S/C24H25N3O6S/c1-24(2,3)17-12-15(27-9-8-20(28)26-23(27)29)11-16(21(17)32-4)22-25-18-10-14(13-34(5,30)31)6-7-19(18)33-22/h6-12H,13H2,1-5H3,(H,26,28,29). The number of rotatable bonds is 5. The van der Waals surface area contributed by atoms with E-state index in [4.69, 9.17) is 9.15 Å². The van der Waals surface area contributed by atoms with Crippen molar-refractivity contribution in [2.24, 2.45) is 0 Å². The zero-order valence-electron chi connectivity index (χ0n) is 19.5. The number of oxazole rings is 1. The van der Waals surface area contributed by atoms with Crippen LogP contribution < -0.4 is 16.0 Å². The van der Waals surface area contributed by atoms with E-state index in [0.29, 0.717) is 33.7 Å². The Morgan fingerprint density at radius 2 is 1.85 bits per heavy atom. The van der Waals surface area contributed by atoms with E-state index in [1.807, 2.05) is 26.8 Å². The summed E-state index contributed by atoms with van der Waals surface area (Å²) in [6, 6.07) is 9.85. The van der Waals surface area contributed by atoms with E-state index in [2.05, 4.69) is 9.97 Å². The monoisotopic (exact) mass is 483 g/mol. The fourth-order valence-corrected chi connectivity index (χ4v) is 4.57. The molecular formula is C24H25N3O6S. The third kappa shape index (κ3) is 4.67. The molecule has 0 saturated heterocycles. The summed E-state index contributed by atoms with van der Waals surface area (Å²) in [5.41, 5.74) is 1.98. The summed E-state index contributed by atoms with van der Waals surface area (Å²) in [6.07, 6.45) is 2.58. The summed E-state index contributed by atoms with van der Waals surface area (Å²) in [5, 5.41) is 0. The first-order chi connectivity index (χ1) is 15.9. The Kier molecular flexibility index (Phi) is 5.72. The number of hydrogen-bond donors (Lipinski definition) is 1. The molecule has 9 nitrogen and oxygen atoms in total. The van der Waals surface area contributed by atoms with Gasteiger partial charge < -0.3 is 9.15 Å². The van der Waals surface area contributed by atoms with Crippen molar-refractivity contribution in [1.82, 2.24) is 14.5 Å². The lowest BCUT2D eigenvalue weighted by atomic mass is 9.84. The van der Waals surface area contributed by atoms with Gasteiger partial charge in [-0.15, -0.1) is 0 Å². The summed E-state index contributed by atoms with van der Waals surface area (Å²) in [7, 11) is -1.65. The van der Waals surface area contributed by atoms with Crippen molar-refractivity contribution in [2.75, 3.05) is 13.4 Å². The van der Waals surface area contributed by atoms with Gasteiger partial charge in [0.2, 0.25) is 5.89 Å². The molecule has 0 fully saturated rings. The predicted molar refractivity (Wildman–Crippen MR) is 129 cm³/mol. The number of sulfone groups is 1. The summed E-state index contributed by atoms with van der Waals surface area (Å²) >= 11 is 0. The van der Waals surface area contributed by atoms with Crippen LogP contribution in [0.3, 0.4) is 0 Å². The molecule has 2 heterocycles. The molecule has 34 heavy (non-hydrogen) atoms. The molecule has 0 atom stereocenters. The minimum absolute atomic E-state index is 0.104. The molecule has 0 unspecified atom stereocenters. The van der Waals surface area contributed by atoms with Crippen molar-refractivity contribution in [3.05, 3.63) is 74.6 Å². The second-order valence-electron chi connectivity index (χ2n) is 9.20. The number of methoxy groups -OCH3 is 1. The van der Waals surface area contributed by atoms with Crippen LogP contribution in [0, 0.1) is 0 Å². The van der Waals surface area contributed by atoms with Crippen molar-refractivity contribution >= 4 is 20.9 Å². The maximum atomic E-state index is 12.5. The molecule has 2 aromatic heterocycles. The number of nitrogens with one attached hydrogen (secondary N) is 1. The molecule has 0 aliphatic rings. The number of H-pyrrole nitrogens is 1. The average Bonchev–Trinajstić information content (AvgIpc) is 3.14. The maximum Gasteiger partial charge on any atom is 0.332 e. The molecule has 10 heteroatoms. The number of nitrogens with zero attached hydrogens (tertiary/aromatic N) is 2. The van der Waals surface area contributed by atoms with Crippen LogP contribution in [0.2, 0.25) is 0 Å². The van der Waals surface area contributed by atoms with Gasteiger partial charge in [0.25, 0.3) is 5.56 Å². The highest BCUT2D eigenvalue weighted by molar-refractivity contribution is 7.89. The first kappa shape index (κ1) is 23.5. The summed E-state index contributed by atoms with van der Waals surface area (Å²) < 4.78 is 36.5. The Morgan fingerprint density at radius 3 is 2.47 bits per heavy atom. The highest BCUT2D eigenvalue weighted by Gasteiger charge is 2.26. The third-order valence-corrected chi connectivity index (χ3v) is 6.16. The second-order valence-corrected chi connectivity index (χ2v) is 11.3. The zero-order valence-corrected chi connectivity index (χ0v) is 20.3. The van der Waals surface area contributed by atoms with Gasteiger partial charge in [-0.2, -0.15) is 0 Å². The summed E-state index contributed by atoms with van der Waals surface area (Å²) in [5.74, 6) is 0.692. The van der Waals surface area contributed by atoms with Crippen molar-refractivity contribution in [2.45, 2.75) is 31.9 Å². The lowest BCUT2D eigenvalue weighted by Gasteiger charge is -2.24. The Labute approximate surface area is 196 Å². The number of aromatic nitrogens is 3. The lowest BCUT2D eigenvalue weighted by Crippen LogP contribution is -2.27. The quantitative estimate of drug-likeness (QED) is 0.462. The van der Waals surface area contributed by atoms with E-state index in [9.17, 15) is 18.0 Å². The molecule has 4 aromatic rings. The van der Waals surface area contributed by atoms with Gasteiger partial charge in [-0.1, -0.05) is 26.8 Å². The maximum absolute atomic E-state index is 12.5. The van der Waals surface area contributed by atoms with Gasteiger partial charge in [-0.25, -0.2) is 18.2 Å². The zero-order chi connectivity index (χ0) is 24.8.